The van der Waals surface area contributed by atoms with Gasteiger partial charge in [0.2, 0.25) is 0 Å². The highest BCUT2D eigenvalue weighted by Gasteiger charge is 2.16. The molecule has 0 amide bonds. The molecule has 0 bridgehead atoms. The van der Waals surface area contributed by atoms with E-state index in [2.05, 4.69) is 5.32 Å². The lowest BCUT2D eigenvalue weighted by Gasteiger charge is -2.23. The Labute approximate surface area is 121 Å². The molecule has 4 nitrogen and oxygen atoms in total. The average Bonchev–Trinajstić information content (AvgIpc) is 2.39. The predicted molar refractivity (Wildman–Crippen MR) is 81.2 cm³/mol. The molecule has 114 valence electrons. The van der Waals surface area contributed by atoms with Crippen molar-refractivity contribution in [3.05, 3.63) is 29.3 Å². The van der Waals surface area contributed by atoms with Crippen LogP contribution in [0.2, 0.25) is 0 Å². The Morgan fingerprint density at radius 2 is 2.00 bits per heavy atom. The smallest absolute Gasteiger partial charge is 0.122 e. The Morgan fingerprint density at radius 3 is 2.65 bits per heavy atom. The normalized spacial score (nSPS) is 13.3. The topological polar surface area (TPSA) is 61.7 Å². The summed E-state index contributed by atoms with van der Waals surface area (Å²) in [6.45, 7) is 9.44. The Bertz CT molecular complexity index is 418. The maximum Gasteiger partial charge on any atom is 0.122 e. The molecule has 1 aromatic rings. The van der Waals surface area contributed by atoms with Gasteiger partial charge in [0.1, 0.15) is 18.5 Å². The van der Waals surface area contributed by atoms with Crippen molar-refractivity contribution in [2.75, 3.05) is 26.3 Å². The quantitative estimate of drug-likeness (QED) is 0.678. The van der Waals surface area contributed by atoms with E-state index in [1.165, 1.54) is 0 Å². The van der Waals surface area contributed by atoms with E-state index in [4.69, 9.17) is 9.84 Å². The van der Waals surface area contributed by atoms with Gasteiger partial charge in [-0.1, -0.05) is 26.0 Å². The number of aliphatic hydroxyl groups excluding tert-OH is 2. The molecular weight excluding hydrogens is 254 g/mol. The largest absolute Gasteiger partial charge is 0.491 e. The summed E-state index contributed by atoms with van der Waals surface area (Å²) < 4.78 is 5.65. The molecular formula is C16H27NO3. The van der Waals surface area contributed by atoms with Gasteiger partial charge in [-0.15, -0.1) is 0 Å². The Kier molecular flexibility index (Phi) is 6.46. The molecule has 0 aromatic heterocycles. The molecule has 0 fully saturated rings. The van der Waals surface area contributed by atoms with Crippen LogP contribution in [0.3, 0.4) is 0 Å². The zero-order valence-corrected chi connectivity index (χ0v) is 12.9. The molecule has 1 atom stereocenters. The van der Waals surface area contributed by atoms with Crippen LogP contribution in [0.4, 0.5) is 0 Å². The van der Waals surface area contributed by atoms with E-state index in [1.54, 1.807) is 0 Å². The number of benzene rings is 1. The summed E-state index contributed by atoms with van der Waals surface area (Å²) in [6.07, 6.45) is -0.565. The number of ether oxygens (including phenoxy) is 1. The minimum absolute atomic E-state index is 0.120. The van der Waals surface area contributed by atoms with Crippen molar-refractivity contribution in [3.8, 4) is 5.75 Å². The summed E-state index contributed by atoms with van der Waals surface area (Å²) in [5.41, 5.74) is 2.04. The molecule has 0 saturated heterocycles. The minimum Gasteiger partial charge on any atom is -0.491 e. The first-order valence-corrected chi connectivity index (χ1v) is 7.04. The van der Waals surface area contributed by atoms with Crippen molar-refractivity contribution in [1.29, 1.82) is 0 Å². The lowest BCUT2D eigenvalue weighted by Crippen LogP contribution is -2.38. The molecule has 0 radical (unpaired) electrons. The summed E-state index contributed by atoms with van der Waals surface area (Å²) in [7, 11) is 0. The molecule has 20 heavy (non-hydrogen) atoms. The van der Waals surface area contributed by atoms with Crippen LogP contribution in [-0.4, -0.2) is 42.6 Å². The third-order valence-corrected chi connectivity index (χ3v) is 3.19. The number of rotatable bonds is 8. The lowest BCUT2D eigenvalue weighted by atomic mass is 9.95. The number of hydrogen-bond donors (Lipinski definition) is 3. The molecule has 0 heterocycles. The van der Waals surface area contributed by atoms with Crippen molar-refractivity contribution in [3.63, 3.8) is 0 Å². The third kappa shape index (κ3) is 5.90. The Hall–Kier alpha value is -1.10. The lowest BCUT2D eigenvalue weighted by molar-refractivity contribution is 0.0977. The fourth-order valence-corrected chi connectivity index (χ4v) is 1.74. The van der Waals surface area contributed by atoms with Crippen LogP contribution < -0.4 is 10.1 Å². The molecule has 1 unspecified atom stereocenters. The van der Waals surface area contributed by atoms with Gasteiger partial charge >= 0.3 is 0 Å². The van der Waals surface area contributed by atoms with E-state index in [0.717, 1.165) is 16.9 Å². The van der Waals surface area contributed by atoms with Crippen molar-refractivity contribution < 1.29 is 14.9 Å². The van der Waals surface area contributed by atoms with Crippen LogP contribution in [0.5, 0.6) is 5.75 Å². The first-order valence-electron chi connectivity index (χ1n) is 7.04. The van der Waals surface area contributed by atoms with E-state index in [0.29, 0.717) is 13.1 Å². The van der Waals surface area contributed by atoms with Gasteiger partial charge in [0, 0.05) is 25.1 Å². The van der Waals surface area contributed by atoms with Crippen molar-refractivity contribution in [1.82, 2.24) is 5.32 Å². The van der Waals surface area contributed by atoms with E-state index in [9.17, 15) is 5.11 Å². The fraction of sp³-hybridized carbons (Fsp3) is 0.625. The summed E-state index contributed by atoms with van der Waals surface area (Å²) in [6, 6.07) is 6.03. The average molecular weight is 281 g/mol. The van der Waals surface area contributed by atoms with E-state index in [1.807, 2.05) is 45.9 Å². The Balaban J connectivity index is 2.33. The second-order valence-corrected chi connectivity index (χ2v) is 6.19. The second kappa shape index (κ2) is 7.62. The SMILES string of the molecule is Cc1ccc(C)c(OCC(O)CNCC(C)(C)CO)c1. The number of nitrogens with one attached hydrogen (secondary N) is 1. The molecule has 3 N–H and O–H groups in total. The van der Waals surface area contributed by atoms with Crippen molar-refractivity contribution in [2.24, 2.45) is 5.41 Å². The van der Waals surface area contributed by atoms with Gasteiger partial charge in [0.05, 0.1) is 0 Å². The van der Waals surface area contributed by atoms with Crippen molar-refractivity contribution >= 4 is 0 Å². The van der Waals surface area contributed by atoms with Crippen LogP contribution in [0.15, 0.2) is 18.2 Å². The molecule has 0 aliphatic heterocycles. The summed E-state index contributed by atoms with van der Waals surface area (Å²) in [5.74, 6) is 0.819. The Morgan fingerprint density at radius 1 is 1.30 bits per heavy atom. The molecule has 0 spiro atoms. The number of hydrogen-bond acceptors (Lipinski definition) is 4. The molecule has 4 heteroatoms. The van der Waals surface area contributed by atoms with Crippen LogP contribution in [0.1, 0.15) is 25.0 Å². The standard InChI is InChI=1S/C16H27NO3/c1-12-5-6-13(2)15(7-12)20-9-14(19)8-17-10-16(3,4)11-18/h5-7,14,17-19H,8-11H2,1-4H3. The molecule has 1 rings (SSSR count). The summed E-state index contributed by atoms with van der Waals surface area (Å²) >= 11 is 0. The van der Waals surface area contributed by atoms with E-state index < -0.39 is 6.10 Å². The zero-order chi connectivity index (χ0) is 15.2. The zero-order valence-electron chi connectivity index (χ0n) is 12.9. The highest BCUT2D eigenvalue weighted by Crippen LogP contribution is 2.19. The monoisotopic (exact) mass is 281 g/mol. The number of aryl methyl sites for hydroxylation is 2. The highest BCUT2D eigenvalue weighted by molar-refractivity contribution is 5.35. The first kappa shape index (κ1) is 17.0. The molecule has 0 saturated carbocycles. The fourth-order valence-electron chi connectivity index (χ4n) is 1.74. The molecule has 1 aromatic carbocycles. The van der Waals surface area contributed by atoms with Crippen LogP contribution in [0.25, 0.3) is 0 Å². The van der Waals surface area contributed by atoms with Crippen molar-refractivity contribution in [2.45, 2.75) is 33.8 Å². The van der Waals surface area contributed by atoms with Gasteiger partial charge in [0.25, 0.3) is 0 Å². The first-order chi connectivity index (χ1) is 9.34. The van der Waals surface area contributed by atoms with Crippen LogP contribution in [0, 0.1) is 19.3 Å². The predicted octanol–water partition coefficient (Wildman–Crippen LogP) is 1.65. The van der Waals surface area contributed by atoms with Gasteiger partial charge in [-0.2, -0.15) is 0 Å². The minimum atomic E-state index is -0.565. The third-order valence-electron chi connectivity index (χ3n) is 3.19. The van der Waals surface area contributed by atoms with Gasteiger partial charge in [0.15, 0.2) is 0 Å². The summed E-state index contributed by atoms with van der Waals surface area (Å²) in [4.78, 5) is 0. The number of aliphatic hydroxyl groups is 2. The van der Waals surface area contributed by atoms with E-state index >= 15 is 0 Å². The van der Waals surface area contributed by atoms with Gasteiger partial charge in [-0.3, -0.25) is 0 Å². The molecule has 0 aliphatic carbocycles. The van der Waals surface area contributed by atoms with Gasteiger partial charge in [-0.25, -0.2) is 0 Å². The van der Waals surface area contributed by atoms with Crippen LogP contribution >= 0.6 is 0 Å². The molecule has 0 aliphatic rings. The highest BCUT2D eigenvalue weighted by atomic mass is 16.5. The van der Waals surface area contributed by atoms with Crippen LogP contribution in [-0.2, 0) is 0 Å². The summed E-state index contributed by atoms with van der Waals surface area (Å²) in [5, 5.41) is 22.2. The second-order valence-electron chi connectivity index (χ2n) is 6.19. The maximum absolute atomic E-state index is 9.89. The van der Waals surface area contributed by atoms with Gasteiger partial charge in [-0.05, 0) is 31.0 Å². The van der Waals surface area contributed by atoms with E-state index in [-0.39, 0.29) is 18.6 Å². The van der Waals surface area contributed by atoms with Gasteiger partial charge < -0.3 is 20.3 Å². The maximum atomic E-state index is 9.89.